The zero-order valence-corrected chi connectivity index (χ0v) is 16.4. The highest BCUT2D eigenvalue weighted by Gasteiger charge is 2.19. The monoisotopic (exact) mass is 424 g/mol. The maximum absolute atomic E-state index is 14.2. The van der Waals surface area contributed by atoms with Gasteiger partial charge in [0.05, 0.1) is 24.1 Å². The summed E-state index contributed by atoms with van der Waals surface area (Å²) in [6.07, 6.45) is 1.41. The lowest BCUT2D eigenvalue weighted by Crippen LogP contribution is -2.14. The first kappa shape index (κ1) is 19.6. The summed E-state index contributed by atoms with van der Waals surface area (Å²) in [5.41, 5.74) is 1.20. The molecule has 4 aromatic rings. The van der Waals surface area contributed by atoms with Crippen molar-refractivity contribution in [2.45, 2.75) is 0 Å². The van der Waals surface area contributed by atoms with E-state index in [0.29, 0.717) is 22.4 Å². The van der Waals surface area contributed by atoms with Gasteiger partial charge in [-0.1, -0.05) is 6.07 Å². The van der Waals surface area contributed by atoms with Gasteiger partial charge in [0, 0.05) is 23.2 Å². The summed E-state index contributed by atoms with van der Waals surface area (Å²) in [5, 5.41) is 4.75. The molecule has 30 heavy (non-hydrogen) atoms. The maximum Gasteiger partial charge on any atom is 0.259 e. The lowest BCUT2D eigenvalue weighted by molar-refractivity contribution is 0.102. The Kier molecular flexibility index (Phi) is 5.44. The van der Waals surface area contributed by atoms with Gasteiger partial charge in [0.2, 0.25) is 5.88 Å². The molecular weight excluding hydrogens is 410 g/mol. The molecule has 0 spiro atoms. The summed E-state index contributed by atoms with van der Waals surface area (Å²) in [6.45, 7) is 0. The van der Waals surface area contributed by atoms with Crippen LogP contribution in [-0.4, -0.2) is 28.0 Å². The van der Waals surface area contributed by atoms with E-state index in [1.807, 2.05) is 0 Å². The molecule has 0 atom stereocenters. The lowest BCUT2D eigenvalue weighted by Gasteiger charge is -2.09. The van der Waals surface area contributed by atoms with Gasteiger partial charge in [-0.25, -0.2) is 18.7 Å². The molecule has 0 fully saturated rings. The molecule has 9 heteroatoms. The van der Waals surface area contributed by atoms with Crippen molar-refractivity contribution in [1.29, 1.82) is 0 Å². The van der Waals surface area contributed by atoms with E-state index in [2.05, 4.69) is 20.3 Å². The Balaban J connectivity index is 1.61. The Labute approximate surface area is 174 Å². The number of hydrogen-bond acceptors (Lipinski definition) is 6. The number of ether oxygens (including phenoxy) is 1. The van der Waals surface area contributed by atoms with Crippen LogP contribution >= 0.6 is 11.3 Å². The van der Waals surface area contributed by atoms with Crippen LogP contribution in [0.4, 0.5) is 13.9 Å². The highest BCUT2D eigenvalue weighted by molar-refractivity contribution is 7.14. The molecule has 0 aliphatic carbocycles. The highest BCUT2D eigenvalue weighted by atomic mass is 32.1. The van der Waals surface area contributed by atoms with Gasteiger partial charge in [0.15, 0.2) is 5.13 Å². The van der Waals surface area contributed by atoms with E-state index in [4.69, 9.17) is 4.74 Å². The number of aromatic nitrogens is 3. The van der Waals surface area contributed by atoms with E-state index in [1.165, 1.54) is 30.7 Å². The number of amides is 1. The summed E-state index contributed by atoms with van der Waals surface area (Å²) in [7, 11) is 1.52. The summed E-state index contributed by atoms with van der Waals surface area (Å²) < 4.78 is 32.9. The van der Waals surface area contributed by atoms with Gasteiger partial charge < -0.3 is 4.74 Å². The van der Waals surface area contributed by atoms with Gasteiger partial charge in [-0.3, -0.25) is 15.1 Å². The van der Waals surface area contributed by atoms with E-state index >= 15 is 0 Å². The summed E-state index contributed by atoms with van der Waals surface area (Å²) in [5.74, 6) is -1.40. The third-order valence-electron chi connectivity index (χ3n) is 4.16. The highest BCUT2D eigenvalue weighted by Crippen LogP contribution is 2.28. The number of hydrogen-bond donors (Lipinski definition) is 1. The first-order valence-corrected chi connectivity index (χ1v) is 9.62. The van der Waals surface area contributed by atoms with E-state index in [0.717, 1.165) is 18.2 Å². The molecule has 1 amide bonds. The van der Waals surface area contributed by atoms with Crippen molar-refractivity contribution in [3.8, 4) is 28.5 Å². The van der Waals surface area contributed by atoms with Crippen molar-refractivity contribution in [3.05, 3.63) is 77.3 Å². The second-order valence-electron chi connectivity index (χ2n) is 6.08. The molecule has 1 aromatic carbocycles. The Morgan fingerprint density at radius 3 is 2.77 bits per heavy atom. The van der Waals surface area contributed by atoms with E-state index in [9.17, 15) is 13.6 Å². The SMILES string of the molecule is COc1cccc(-c2csc(NC(=O)c3cccnc3-c3cc(F)ccc3F)n2)n1. The number of anilines is 1. The molecule has 0 radical (unpaired) electrons. The number of pyridine rings is 2. The molecule has 3 aromatic heterocycles. The first-order valence-electron chi connectivity index (χ1n) is 8.74. The number of carbonyl (C=O) groups is 1. The molecule has 0 saturated heterocycles. The lowest BCUT2D eigenvalue weighted by atomic mass is 10.0. The fourth-order valence-electron chi connectivity index (χ4n) is 2.77. The Morgan fingerprint density at radius 2 is 1.93 bits per heavy atom. The van der Waals surface area contributed by atoms with Crippen LogP contribution in [0.5, 0.6) is 5.88 Å². The predicted molar refractivity (Wildman–Crippen MR) is 109 cm³/mol. The zero-order chi connectivity index (χ0) is 21.1. The van der Waals surface area contributed by atoms with Crippen LogP contribution < -0.4 is 10.1 Å². The van der Waals surface area contributed by atoms with Crippen molar-refractivity contribution in [1.82, 2.24) is 15.0 Å². The van der Waals surface area contributed by atoms with E-state index in [-0.39, 0.29) is 16.8 Å². The molecule has 150 valence electrons. The second kappa shape index (κ2) is 8.34. The van der Waals surface area contributed by atoms with Gasteiger partial charge in [0.25, 0.3) is 5.91 Å². The van der Waals surface area contributed by atoms with E-state index in [1.54, 1.807) is 29.6 Å². The van der Waals surface area contributed by atoms with Gasteiger partial charge in [0.1, 0.15) is 17.3 Å². The largest absolute Gasteiger partial charge is 0.481 e. The average Bonchev–Trinajstić information content (AvgIpc) is 3.24. The normalized spacial score (nSPS) is 10.6. The number of thiazole rings is 1. The third-order valence-corrected chi connectivity index (χ3v) is 4.91. The number of methoxy groups -OCH3 is 1. The quantitative estimate of drug-likeness (QED) is 0.498. The number of nitrogens with zero attached hydrogens (tertiary/aromatic N) is 3. The summed E-state index contributed by atoms with van der Waals surface area (Å²) in [6, 6.07) is 11.3. The van der Waals surface area contributed by atoms with Crippen LogP contribution in [0.25, 0.3) is 22.6 Å². The minimum Gasteiger partial charge on any atom is -0.481 e. The first-order chi connectivity index (χ1) is 14.5. The van der Waals surface area contributed by atoms with Crippen LogP contribution in [0.15, 0.2) is 60.1 Å². The molecule has 0 bridgehead atoms. The number of halogens is 2. The molecule has 0 aliphatic heterocycles. The van der Waals surface area contributed by atoms with Crippen LogP contribution in [-0.2, 0) is 0 Å². The number of benzene rings is 1. The van der Waals surface area contributed by atoms with Crippen molar-refractivity contribution in [2.24, 2.45) is 0 Å². The maximum atomic E-state index is 14.2. The van der Waals surface area contributed by atoms with Crippen LogP contribution in [0, 0.1) is 11.6 Å². The van der Waals surface area contributed by atoms with Crippen molar-refractivity contribution < 1.29 is 18.3 Å². The minimum atomic E-state index is -0.676. The number of carbonyl (C=O) groups excluding carboxylic acids is 1. The molecule has 0 aliphatic rings. The van der Waals surface area contributed by atoms with Gasteiger partial charge in [-0.2, -0.15) is 0 Å². The Bertz CT molecular complexity index is 1230. The van der Waals surface area contributed by atoms with Gasteiger partial charge in [-0.05, 0) is 36.4 Å². The van der Waals surface area contributed by atoms with Crippen molar-refractivity contribution in [2.75, 3.05) is 12.4 Å². The fourth-order valence-corrected chi connectivity index (χ4v) is 3.47. The van der Waals surface area contributed by atoms with Crippen LogP contribution in [0.2, 0.25) is 0 Å². The Morgan fingerprint density at radius 1 is 1.07 bits per heavy atom. The fraction of sp³-hybridized carbons (Fsp3) is 0.0476. The van der Waals surface area contributed by atoms with E-state index < -0.39 is 17.5 Å². The predicted octanol–water partition coefficient (Wildman–Crippen LogP) is 4.81. The summed E-state index contributed by atoms with van der Waals surface area (Å²) in [4.78, 5) is 25.6. The van der Waals surface area contributed by atoms with Crippen molar-refractivity contribution >= 4 is 22.4 Å². The van der Waals surface area contributed by atoms with Crippen LogP contribution in [0.3, 0.4) is 0 Å². The second-order valence-corrected chi connectivity index (χ2v) is 6.94. The molecule has 6 nitrogen and oxygen atoms in total. The molecule has 4 rings (SSSR count). The van der Waals surface area contributed by atoms with Crippen LogP contribution in [0.1, 0.15) is 10.4 Å². The topological polar surface area (TPSA) is 77.0 Å². The summed E-state index contributed by atoms with van der Waals surface area (Å²) >= 11 is 1.21. The number of rotatable bonds is 5. The van der Waals surface area contributed by atoms with Crippen molar-refractivity contribution in [3.63, 3.8) is 0 Å². The van der Waals surface area contributed by atoms with Gasteiger partial charge in [-0.15, -0.1) is 11.3 Å². The third kappa shape index (κ3) is 4.01. The standard InChI is InChI=1S/C21H14F2N4O2S/c1-29-18-6-2-5-16(25-18)17-11-30-21(26-17)27-20(28)13-4-3-9-24-19(13)14-10-12(22)7-8-15(14)23/h2-11H,1H3,(H,26,27,28). The Hall–Kier alpha value is -3.72. The minimum absolute atomic E-state index is 0.0400. The average molecular weight is 424 g/mol. The molecule has 0 saturated carbocycles. The van der Waals surface area contributed by atoms with Gasteiger partial charge >= 0.3 is 0 Å². The number of nitrogens with one attached hydrogen (secondary N) is 1. The molecular formula is C21H14F2N4O2S. The molecule has 0 unspecified atom stereocenters. The smallest absolute Gasteiger partial charge is 0.259 e. The zero-order valence-electron chi connectivity index (χ0n) is 15.6. The molecule has 1 N–H and O–H groups in total. The molecule has 3 heterocycles.